The Balaban J connectivity index is 1.92. The van der Waals surface area contributed by atoms with Gasteiger partial charge in [-0.2, -0.15) is 0 Å². The fourth-order valence-corrected chi connectivity index (χ4v) is 2.26. The van der Waals surface area contributed by atoms with Gasteiger partial charge in [-0.15, -0.1) is 0 Å². The molecule has 1 aromatic carbocycles. The summed E-state index contributed by atoms with van der Waals surface area (Å²) in [5.74, 6) is 0.328. The van der Waals surface area contributed by atoms with E-state index in [9.17, 15) is 4.79 Å². The van der Waals surface area contributed by atoms with Crippen molar-refractivity contribution in [3.63, 3.8) is 0 Å². The van der Waals surface area contributed by atoms with Crippen LogP contribution in [0.3, 0.4) is 0 Å². The minimum atomic E-state index is -0.236. The van der Waals surface area contributed by atoms with Crippen LogP contribution in [0.4, 0.5) is 5.69 Å². The van der Waals surface area contributed by atoms with E-state index < -0.39 is 0 Å². The van der Waals surface area contributed by atoms with Crippen LogP contribution in [0.25, 0.3) is 0 Å². The number of aryl methyl sites for hydroxylation is 1. The zero-order valence-corrected chi connectivity index (χ0v) is 10.2. The molecular formula is C14H19NO2. The minimum Gasteiger partial charge on any atom is -0.462 e. The third-order valence-corrected chi connectivity index (χ3v) is 3.43. The van der Waals surface area contributed by atoms with Gasteiger partial charge < -0.3 is 10.5 Å². The first-order valence-electron chi connectivity index (χ1n) is 6.20. The van der Waals surface area contributed by atoms with Gasteiger partial charge in [0, 0.05) is 5.69 Å². The second kappa shape index (κ2) is 5.21. The van der Waals surface area contributed by atoms with Crippen LogP contribution in [0.15, 0.2) is 18.2 Å². The Bertz CT molecular complexity index is 409. The Hall–Kier alpha value is -1.51. The Morgan fingerprint density at radius 1 is 1.41 bits per heavy atom. The summed E-state index contributed by atoms with van der Waals surface area (Å²) in [6.07, 6.45) is 4.91. The highest BCUT2D eigenvalue weighted by molar-refractivity contribution is 5.90. The highest BCUT2D eigenvalue weighted by Crippen LogP contribution is 2.25. The number of anilines is 1. The van der Waals surface area contributed by atoms with Crippen molar-refractivity contribution in [2.24, 2.45) is 5.92 Å². The molecule has 0 amide bonds. The van der Waals surface area contributed by atoms with Gasteiger partial charge in [0.15, 0.2) is 0 Å². The van der Waals surface area contributed by atoms with Gasteiger partial charge in [0.2, 0.25) is 0 Å². The number of hydrogen-bond donors (Lipinski definition) is 1. The average molecular weight is 233 g/mol. The number of esters is 1. The van der Waals surface area contributed by atoms with Crippen LogP contribution in [0.1, 0.15) is 41.6 Å². The molecule has 0 heterocycles. The van der Waals surface area contributed by atoms with Crippen LogP contribution in [-0.2, 0) is 4.74 Å². The van der Waals surface area contributed by atoms with Crippen LogP contribution in [0, 0.1) is 12.8 Å². The molecule has 0 saturated heterocycles. The summed E-state index contributed by atoms with van der Waals surface area (Å²) in [6, 6.07) is 5.26. The second-order valence-corrected chi connectivity index (χ2v) is 4.82. The van der Waals surface area contributed by atoms with E-state index >= 15 is 0 Å². The van der Waals surface area contributed by atoms with Crippen molar-refractivity contribution in [1.82, 2.24) is 0 Å². The third-order valence-electron chi connectivity index (χ3n) is 3.43. The number of ether oxygens (including phenoxy) is 1. The third kappa shape index (κ3) is 2.99. The average Bonchev–Trinajstić information content (AvgIpc) is 2.82. The van der Waals surface area contributed by atoms with Crippen LogP contribution in [0.2, 0.25) is 0 Å². The van der Waals surface area contributed by atoms with Crippen molar-refractivity contribution in [2.45, 2.75) is 32.6 Å². The lowest BCUT2D eigenvalue weighted by atomic mass is 10.1. The number of carbonyl (C=O) groups is 1. The molecule has 1 fully saturated rings. The second-order valence-electron chi connectivity index (χ2n) is 4.82. The molecule has 92 valence electrons. The van der Waals surface area contributed by atoms with Crippen molar-refractivity contribution < 1.29 is 9.53 Å². The summed E-state index contributed by atoms with van der Waals surface area (Å²) in [5.41, 5.74) is 7.93. The molecule has 3 heteroatoms. The largest absolute Gasteiger partial charge is 0.462 e. The van der Waals surface area contributed by atoms with E-state index in [0.717, 1.165) is 5.56 Å². The minimum absolute atomic E-state index is 0.236. The van der Waals surface area contributed by atoms with Crippen LogP contribution in [0.5, 0.6) is 0 Å². The molecule has 1 aliphatic rings. The summed E-state index contributed by atoms with van der Waals surface area (Å²) >= 11 is 0. The maximum absolute atomic E-state index is 11.8. The first kappa shape index (κ1) is 12.0. The Kier molecular flexibility index (Phi) is 3.67. The molecule has 17 heavy (non-hydrogen) atoms. The normalized spacial score (nSPS) is 16.1. The summed E-state index contributed by atoms with van der Waals surface area (Å²) in [5, 5.41) is 0. The van der Waals surface area contributed by atoms with Crippen molar-refractivity contribution in [2.75, 3.05) is 12.3 Å². The number of rotatable bonds is 3. The molecule has 0 aliphatic heterocycles. The highest BCUT2D eigenvalue weighted by atomic mass is 16.5. The highest BCUT2D eigenvalue weighted by Gasteiger charge is 2.17. The van der Waals surface area contributed by atoms with Gasteiger partial charge in [0.05, 0.1) is 12.2 Å². The van der Waals surface area contributed by atoms with Gasteiger partial charge in [-0.3, -0.25) is 0 Å². The molecule has 0 aromatic heterocycles. The van der Waals surface area contributed by atoms with Crippen LogP contribution >= 0.6 is 0 Å². The number of nitrogens with two attached hydrogens (primary N) is 1. The predicted octanol–water partition coefficient (Wildman–Crippen LogP) is 2.92. The molecule has 2 rings (SSSR count). The molecule has 1 saturated carbocycles. The fourth-order valence-electron chi connectivity index (χ4n) is 2.26. The zero-order chi connectivity index (χ0) is 12.3. The van der Waals surface area contributed by atoms with E-state index in [1.807, 2.05) is 6.92 Å². The Morgan fingerprint density at radius 2 is 2.12 bits per heavy atom. The zero-order valence-electron chi connectivity index (χ0n) is 10.2. The molecule has 1 aliphatic carbocycles. The molecule has 0 spiro atoms. The molecule has 0 unspecified atom stereocenters. The predicted molar refractivity (Wildman–Crippen MR) is 67.8 cm³/mol. The lowest BCUT2D eigenvalue weighted by molar-refractivity contribution is 0.0442. The lowest BCUT2D eigenvalue weighted by Crippen LogP contribution is -2.12. The Labute approximate surface area is 102 Å². The molecule has 2 N–H and O–H groups in total. The molecule has 0 bridgehead atoms. The quantitative estimate of drug-likeness (QED) is 0.645. The molecule has 3 nitrogen and oxygen atoms in total. The van der Waals surface area contributed by atoms with E-state index in [1.165, 1.54) is 25.7 Å². The van der Waals surface area contributed by atoms with Crippen LogP contribution in [-0.4, -0.2) is 12.6 Å². The summed E-state index contributed by atoms with van der Waals surface area (Å²) in [6.45, 7) is 2.45. The standard InChI is InChI=1S/C14H19NO2/c1-10-8-12(6-7-13(10)15)14(16)17-9-11-4-2-3-5-11/h6-8,11H,2-5,9,15H2,1H3. The van der Waals surface area contributed by atoms with E-state index in [0.29, 0.717) is 23.8 Å². The lowest BCUT2D eigenvalue weighted by Gasteiger charge is -2.10. The van der Waals surface area contributed by atoms with Gasteiger partial charge in [0.1, 0.15) is 0 Å². The van der Waals surface area contributed by atoms with Gasteiger partial charge in [-0.25, -0.2) is 4.79 Å². The Morgan fingerprint density at radius 3 is 2.76 bits per heavy atom. The van der Waals surface area contributed by atoms with Gasteiger partial charge >= 0.3 is 5.97 Å². The van der Waals surface area contributed by atoms with Gasteiger partial charge in [-0.1, -0.05) is 12.8 Å². The maximum atomic E-state index is 11.8. The van der Waals surface area contributed by atoms with E-state index in [4.69, 9.17) is 10.5 Å². The van der Waals surface area contributed by atoms with Crippen molar-refractivity contribution in [3.8, 4) is 0 Å². The number of carbonyl (C=O) groups excluding carboxylic acids is 1. The van der Waals surface area contributed by atoms with Crippen molar-refractivity contribution >= 4 is 11.7 Å². The van der Waals surface area contributed by atoms with Gasteiger partial charge in [-0.05, 0) is 49.4 Å². The molecule has 0 radical (unpaired) electrons. The first-order valence-corrected chi connectivity index (χ1v) is 6.20. The van der Waals surface area contributed by atoms with E-state index in [1.54, 1.807) is 18.2 Å². The van der Waals surface area contributed by atoms with E-state index in [-0.39, 0.29) is 5.97 Å². The monoisotopic (exact) mass is 233 g/mol. The summed E-state index contributed by atoms with van der Waals surface area (Å²) in [4.78, 5) is 11.8. The summed E-state index contributed by atoms with van der Waals surface area (Å²) in [7, 11) is 0. The number of nitrogen functional groups attached to an aromatic ring is 1. The van der Waals surface area contributed by atoms with Crippen molar-refractivity contribution in [3.05, 3.63) is 29.3 Å². The SMILES string of the molecule is Cc1cc(C(=O)OCC2CCCC2)ccc1N. The molecule has 1 aromatic rings. The smallest absolute Gasteiger partial charge is 0.338 e. The maximum Gasteiger partial charge on any atom is 0.338 e. The van der Waals surface area contributed by atoms with Crippen LogP contribution < -0.4 is 5.73 Å². The molecule has 0 atom stereocenters. The topological polar surface area (TPSA) is 52.3 Å². The number of hydrogen-bond acceptors (Lipinski definition) is 3. The van der Waals surface area contributed by atoms with Gasteiger partial charge in [0.25, 0.3) is 0 Å². The van der Waals surface area contributed by atoms with E-state index in [2.05, 4.69) is 0 Å². The van der Waals surface area contributed by atoms with Crippen molar-refractivity contribution in [1.29, 1.82) is 0 Å². The fraction of sp³-hybridized carbons (Fsp3) is 0.500. The summed E-state index contributed by atoms with van der Waals surface area (Å²) < 4.78 is 5.33. The molecular weight excluding hydrogens is 214 g/mol. The first-order chi connectivity index (χ1) is 8.16. The number of benzene rings is 1.